The van der Waals surface area contributed by atoms with Crippen LogP contribution in [0.4, 0.5) is 11.8 Å². The van der Waals surface area contributed by atoms with Crippen LogP contribution < -0.4 is 11.1 Å². The Balaban J connectivity index is 2.49. The second-order valence-corrected chi connectivity index (χ2v) is 2.96. The number of anilines is 2. The molecule has 0 spiro atoms. The molecule has 0 amide bonds. The molecular weight excluding hydrogens is 190 g/mol. The average Bonchev–Trinajstić information content (AvgIpc) is 2.29. The number of hydrogen-bond acceptors (Lipinski definition) is 5. The lowest BCUT2D eigenvalue weighted by molar-refractivity contribution is 1.16. The molecule has 0 atom stereocenters. The Hall–Kier alpha value is -2.17. The van der Waals surface area contributed by atoms with E-state index in [4.69, 9.17) is 5.73 Å². The molecule has 5 heteroatoms. The van der Waals surface area contributed by atoms with Crippen molar-refractivity contribution in [1.82, 2.24) is 15.0 Å². The van der Waals surface area contributed by atoms with E-state index in [-0.39, 0.29) is 5.95 Å². The summed E-state index contributed by atoms with van der Waals surface area (Å²) in [7, 11) is 1.78. The fraction of sp³-hybridized carbons (Fsp3) is 0.100. The van der Waals surface area contributed by atoms with E-state index in [0.29, 0.717) is 11.5 Å². The summed E-state index contributed by atoms with van der Waals surface area (Å²) in [6.45, 7) is 0. The number of nitrogens with zero attached hydrogens (tertiary/aromatic N) is 3. The highest BCUT2D eigenvalue weighted by Gasteiger charge is 2.03. The second-order valence-electron chi connectivity index (χ2n) is 2.96. The summed E-state index contributed by atoms with van der Waals surface area (Å²) in [5.74, 6) is 0.922. The molecule has 0 aromatic carbocycles. The first-order valence-corrected chi connectivity index (χ1v) is 4.53. The van der Waals surface area contributed by atoms with E-state index in [2.05, 4.69) is 20.3 Å². The van der Waals surface area contributed by atoms with E-state index in [0.717, 1.165) is 5.69 Å². The SMILES string of the molecule is CNc1cc(-c2ccccn2)nc(N)n1. The van der Waals surface area contributed by atoms with Crippen LogP contribution in [0.25, 0.3) is 11.4 Å². The Morgan fingerprint density at radius 3 is 2.73 bits per heavy atom. The number of nitrogen functional groups attached to an aromatic ring is 1. The molecule has 76 valence electrons. The zero-order chi connectivity index (χ0) is 10.7. The summed E-state index contributed by atoms with van der Waals surface area (Å²) in [5, 5.41) is 2.92. The predicted molar refractivity (Wildman–Crippen MR) is 59.2 cm³/mol. The maximum Gasteiger partial charge on any atom is 0.222 e. The number of nitrogens with two attached hydrogens (primary N) is 1. The van der Waals surface area contributed by atoms with Gasteiger partial charge in [-0.3, -0.25) is 4.98 Å². The molecule has 0 unspecified atom stereocenters. The van der Waals surface area contributed by atoms with E-state index < -0.39 is 0 Å². The monoisotopic (exact) mass is 201 g/mol. The smallest absolute Gasteiger partial charge is 0.222 e. The quantitative estimate of drug-likeness (QED) is 0.762. The Morgan fingerprint density at radius 2 is 2.07 bits per heavy atom. The molecule has 5 nitrogen and oxygen atoms in total. The van der Waals surface area contributed by atoms with Gasteiger partial charge in [0.15, 0.2) is 0 Å². The number of hydrogen-bond donors (Lipinski definition) is 2. The number of pyridine rings is 1. The van der Waals surface area contributed by atoms with Crippen molar-refractivity contribution in [3.05, 3.63) is 30.5 Å². The fourth-order valence-electron chi connectivity index (χ4n) is 1.24. The van der Waals surface area contributed by atoms with Crippen molar-refractivity contribution in [2.75, 3.05) is 18.1 Å². The van der Waals surface area contributed by atoms with E-state index in [1.54, 1.807) is 19.3 Å². The Morgan fingerprint density at radius 1 is 1.20 bits per heavy atom. The third-order valence-corrected chi connectivity index (χ3v) is 1.93. The topological polar surface area (TPSA) is 76.7 Å². The molecule has 0 saturated heterocycles. The Bertz CT molecular complexity index is 455. The van der Waals surface area contributed by atoms with Gasteiger partial charge in [0.2, 0.25) is 5.95 Å². The molecule has 2 rings (SSSR count). The van der Waals surface area contributed by atoms with Crippen molar-refractivity contribution in [3.8, 4) is 11.4 Å². The minimum atomic E-state index is 0.238. The number of nitrogens with one attached hydrogen (secondary N) is 1. The minimum absolute atomic E-state index is 0.238. The lowest BCUT2D eigenvalue weighted by atomic mass is 10.2. The summed E-state index contributed by atoms with van der Waals surface area (Å²) in [4.78, 5) is 12.3. The first-order chi connectivity index (χ1) is 7.29. The summed E-state index contributed by atoms with van der Waals surface area (Å²) in [6.07, 6.45) is 1.71. The Kier molecular flexibility index (Phi) is 2.45. The number of aromatic nitrogens is 3. The van der Waals surface area contributed by atoms with E-state index in [1.807, 2.05) is 18.2 Å². The van der Waals surface area contributed by atoms with Gasteiger partial charge in [0, 0.05) is 19.3 Å². The van der Waals surface area contributed by atoms with Crippen molar-refractivity contribution in [3.63, 3.8) is 0 Å². The maximum atomic E-state index is 5.58. The van der Waals surface area contributed by atoms with Gasteiger partial charge in [0.25, 0.3) is 0 Å². The molecule has 0 aliphatic heterocycles. The van der Waals surface area contributed by atoms with E-state index >= 15 is 0 Å². The summed E-state index contributed by atoms with van der Waals surface area (Å²) in [5.41, 5.74) is 7.08. The van der Waals surface area contributed by atoms with Gasteiger partial charge in [0.05, 0.1) is 11.4 Å². The van der Waals surface area contributed by atoms with Gasteiger partial charge >= 0.3 is 0 Å². The Labute approximate surface area is 87.4 Å². The van der Waals surface area contributed by atoms with Crippen LogP contribution in [0.5, 0.6) is 0 Å². The van der Waals surface area contributed by atoms with Gasteiger partial charge in [-0.25, -0.2) is 4.98 Å². The first-order valence-electron chi connectivity index (χ1n) is 4.53. The second kappa shape index (κ2) is 3.91. The fourth-order valence-corrected chi connectivity index (χ4v) is 1.24. The predicted octanol–water partition coefficient (Wildman–Crippen LogP) is 1.16. The van der Waals surface area contributed by atoms with Crippen LogP contribution >= 0.6 is 0 Å². The van der Waals surface area contributed by atoms with Crippen LogP contribution in [-0.4, -0.2) is 22.0 Å². The van der Waals surface area contributed by atoms with Gasteiger partial charge in [0.1, 0.15) is 5.82 Å². The molecule has 3 N–H and O–H groups in total. The zero-order valence-electron chi connectivity index (χ0n) is 8.31. The molecule has 0 aliphatic rings. The lowest BCUT2D eigenvalue weighted by Crippen LogP contribution is -2.01. The largest absolute Gasteiger partial charge is 0.373 e. The van der Waals surface area contributed by atoms with E-state index in [1.165, 1.54) is 0 Å². The molecule has 0 aliphatic carbocycles. The van der Waals surface area contributed by atoms with Gasteiger partial charge in [-0.2, -0.15) is 4.98 Å². The third kappa shape index (κ3) is 2.01. The molecule has 0 bridgehead atoms. The zero-order valence-corrected chi connectivity index (χ0v) is 8.31. The van der Waals surface area contributed by atoms with Crippen molar-refractivity contribution < 1.29 is 0 Å². The summed E-state index contributed by atoms with van der Waals surface area (Å²) < 4.78 is 0. The molecule has 15 heavy (non-hydrogen) atoms. The van der Waals surface area contributed by atoms with Gasteiger partial charge in [-0.15, -0.1) is 0 Å². The summed E-state index contributed by atoms with van der Waals surface area (Å²) >= 11 is 0. The highest BCUT2D eigenvalue weighted by Crippen LogP contribution is 2.17. The third-order valence-electron chi connectivity index (χ3n) is 1.93. The normalized spacial score (nSPS) is 9.93. The highest BCUT2D eigenvalue weighted by molar-refractivity contribution is 5.60. The first kappa shape index (κ1) is 9.39. The molecule has 2 heterocycles. The molecule has 0 fully saturated rings. The summed E-state index contributed by atoms with van der Waals surface area (Å²) in [6, 6.07) is 7.44. The van der Waals surface area contributed by atoms with Crippen molar-refractivity contribution in [1.29, 1.82) is 0 Å². The maximum absolute atomic E-state index is 5.58. The minimum Gasteiger partial charge on any atom is -0.373 e. The molecule has 2 aromatic heterocycles. The van der Waals surface area contributed by atoms with Crippen LogP contribution in [0.1, 0.15) is 0 Å². The van der Waals surface area contributed by atoms with Crippen LogP contribution in [0.15, 0.2) is 30.5 Å². The van der Waals surface area contributed by atoms with Crippen LogP contribution in [0, 0.1) is 0 Å². The van der Waals surface area contributed by atoms with Crippen LogP contribution in [0.3, 0.4) is 0 Å². The van der Waals surface area contributed by atoms with Crippen molar-refractivity contribution in [2.24, 2.45) is 0 Å². The van der Waals surface area contributed by atoms with Crippen LogP contribution in [0.2, 0.25) is 0 Å². The van der Waals surface area contributed by atoms with Crippen molar-refractivity contribution >= 4 is 11.8 Å². The molecular formula is C10H11N5. The number of rotatable bonds is 2. The van der Waals surface area contributed by atoms with Crippen LogP contribution in [-0.2, 0) is 0 Å². The van der Waals surface area contributed by atoms with Gasteiger partial charge in [-0.05, 0) is 12.1 Å². The highest BCUT2D eigenvalue weighted by atomic mass is 15.1. The van der Waals surface area contributed by atoms with Gasteiger partial charge in [-0.1, -0.05) is 6.07 Å². The van der Waals surface area contributed by atoms with Crippen molar-refractivity contribution in [2.45, 2.75) is 0 Å². The van der Waals surface area contributed by atoms with E-state index in [9.17, 15) is 0 Å². The molecule has 0 saturated carbocycles. The van der Waals surface area contributed by atoms with Gasteiger partial charge < -0.3 is 11.1 Å². The average molecular weight is 201 g/mol. The molecule has 0 radical (unpaired) electrons. The molecule has 2 aromatic rings. The standard InChI is InChI=1S/C10H11N5/c1-12-9-6-8(14-10(11)15-9)7-4-2-3-5-13-7/h2-6H,1H3,(H3,11,12,14,15). The lowest BCUT2D eigenvalue weighted by Gasteiger charge is -2.04.